The smallest absolute Gasteiger partial charge is 0.0431 e. The van der Waals surface area contributed by atoms with Crippen LogP contribution < -0.4 is 0 Å². The summed E-state index contributed by atoms with van der Waals surface area (Å²) in [6.45, 7) is 0.725. The molecule has 0 atom stereocenters. The highest BCUT2D eigenvalue weighted by molar-refractivity contribution is 4.81. The lowest BCUT2D eigenvalue weighted by molar-refractivity contribution is 0.282. The van der Waals surface area contributed by atoms with Crippen LogP contribution in [0.5, 0.6) is 0 Å². The van der Waals surface area contributed by atoms with Crippen molar-refractivity contribution >= 4 is 0 Å². The Bertz CT molecular complexity index is 314. The highest BCUT2D eigenvalue weighted by Gasteiger charge is 1.95. The van der Waals surface area contributed by atoms with Crippen molar-refractivity contribution in [1.82, 2.24) is 0 Å². The van der Waals surface area contributed by atoms with E-state index in [-0.39, 0.29) is 0 Å². The Balaban J connectivity index is 3.04. The van der Waals surface area contributed by atoms with Crippen LogP contribution >= 0.6 is 0 Å². The number of rotatable bonds is 26. The summed E-state index contributed by atoms with van der Waals surface area (Å²) in [4.78, 5) is 0. The van der Waals surface area contributed by atoms with Gasteiger partial charge in [-0.15, -0.1) is 0 Å². The van der Waals surface area contributed by atoms with Gasteiger partial charge in [0.15, 0.2) is 0 Å². The van der Waals surface area contributed by atoms with Gasteiger partial charge in [0.05, 0.1) is 0 Å². The number of unbranched alkanes of at least 4 members (excludes halogenated alkanes) is 22. The molecule has 0 saturated carbocycles. The van der Waals surface area contributed by atoms with Crippen LogP contribution in [0.4, 0.5) is 0 Å². The zero-order chi connectivity index (χ0) is 21.8. The third kappa shape index (κ3) is 27.7. The topological polar surface area (TPSA) is 40.5 Å². The first-order chi connectivity index (χ1) is 14.9. The standard InChI is InChI=1S/C28H56O2/c29-27-25-23-21-19-17-15-13-11-9-7-5-3-1-2-4-6-8-10-12-14-16-18-20-22-24-26-28-30/h9,11,29-30H,1-8,10,12-28H2/b11-9-. The van der Waals surface area contributed by atoms with Crippen LogP contribution in [0, 0.1) is 0 Å². The third-order valence-electron chi connectivity index (χ3n) is 6.22. The second kappa shape index (κ2) is 28.7. The van der Waals surface area contributed by atoms with Crippen LogP contribution in [0.25, 0.3) is 0 Å². The summed E-state index contributed by atoms with van der Waals surface area (Å²) in [6.07, 6.45) is 36.8. The van der Waals surface area contributed by atoms with Crippen molar-refractivity contribution < 1.29 is 10.2 Å². The van der Waals surface area contributed by atoms with E-state index in [4.69, 9.17) is 10.2 Å². The van der Waals surface area contributed by atoms with Crippen molar-refractivity contribution in [1.29, 1.82) is 0 Å². The zero-order valence-corrected chi connectivity index (χ0v) is 20.4. The molecule has 0 radical (unpaired) electrons. The van der Waals surface area contributed by atoms with E-state index < -0.39 is 0 Å². The summed E-state index contributed by atoms with van der Waals surface area (Å²) in [5.41, 5.74) is 0. The van der Waals surface area contributed by atoms with E-state index in [9.17, 15) is 0 Å². The normalized spacial score (nSPS) is 11.7. The first-order valence-electron chi connectivity index (χ1n) is 13.8. The third-order valence-corrected chi connectivity index (χ3v) is 6.22. The SMILES string of the molecule is OCCCCCCCC/C=C\CCCCCCCCCCCCCCCCCCO. The first-order valence-corrected chi connectivity index (χ1v) is 13.8. The molecule has 0 amide bonds. The van der Waals surface area contributed by atoms with Crippen LogP contribution in [0.3, 0.4) is 0 Å². The van der Waals surface area contributed by atoms with Crippen molar-refractivity contribution in [3.05, 3.63) is 12.2 Å². The molecule has 0 fully saturated rings. The van der Waals surface area contributed by atoms with E-state index in [1.165, 1.54) is 141 Å². The summed E-state index contributed by atoms with van der Waals surface area (Å²) in [5, 5.41) is 17.5. The Labute approximate surface area is 189 Å². The van der Waals surface area contributed by atoms with E-state index in [0.717, 1.165) is 12.8 Å². The molecule has 2 nitrogen and oxygen atoms in total. The molecule has 0 rings (SSSR count). The van der Waals surface area contributed by atoms with Crippen molar-refractivity contribution in [3.63, 3.8) is 0 Å². The number of allylic oxidation sites excluding steroid dienone is 2. The van der Waals surface area contributed by atoms with E-state index in [1.807, 2.05) is 0 Å². The molecule has 180 valence electrons. The Kier molecular flexibility index (Phi) is 28.3. The summed E-state index contributed by atoms with van der Waals surface area (Å²) in [6, 6.07) is 0. The number of aliphatic hydroxyl groups excluding tert-OH is 2. The largest absolute Gasteiger partial charge is 0.396 e. The van der Waals surface area contributed by atoms with Gasteiger partial charge in [-0.2, -0.15) is 0 Å². The van der Waals surface area contributed by atoms with Gasteiger partial charge in [0, 0.05) is 13.2 Å². The fraction of sp³-hybridized carbons (Fsp3) is 0.929. The Hall–Kier alpha value is -0.340. The molecule has 0 aliphatic heterocycles. The second-order valence-corrected chi connectivity index (χ2v) is 9.27. The maximum Gasteiger partial charge on any atom is 0.0431 e. The highest BCUT2D eigenvalue weighted by Crippen LogP contribution is 2.14. The molecule has 0 aromatic heterocycles. The average Bonchev–Trinajstić information content (AvgIpc) is 2.76. The monoisotopic (exact) mass is 424 g/mol. The molecule has 2 heteroatoms. The van der Waals surface area contributed by atoms with Crippen LogP contribution in [-0.2, 0) is 0 Å². The molecule has 0 aromatic carbocycles. The molecule has 0 heterocycles. The zero-order valence-electron chi connectivity index (χ0n) is 20.4. The predicted molar refractivity (Wildman–Crippen MR) is 134 cm³/mol. The lowest BCUT2D eigenvalue weighted by atomic mass is 10.0. The summed E-state index contributed by atoms with van der Waals surface area (Å²) >= 11 is 0. The molecule has 0 aromatic rings. The fourth-order valence-electron chi connectivity index (χ4n) is 4.17. The first kappa shape index (κ1) is 29.7. The van der Waals surface area contributed by atoms with Gasteiger partial charge in [0.25, 0.3) is 0 Å². The quantitative estimate of drug-likeness (QED) is 0.107. The van der Waals surface area contributed by atoms with Crippen molar-refractivity contribution in [2.45, 2.75) is 154 Å². The van der Waals surface area contributed by atoms with E-state index >= 15 is 0 Å². The lowest BCUT2D eigenvalue weighted by Gasteiger charge is -2.03. The van der Waals surface area contributed by atoms with Crippen molar-refractivity contribution in [2.75, 3.05) is 13.2 Å². The van der Waals surface area contributed by atoms with Gasteiger partial charge in [-0.1, -0.05) is 128 Å². The molecule has 0 spiro atoms. The minimum atomic E-state index is 0.358. The van der Waals surface area contributed by atoms with Gasteiger partial charge >= 0.3 is 0 Å². The molecule has 0 aliphatic rings. The van der Waals surface area contributed by atoms with Crippen molar-refractivity contribution in [3.8, 4) is 0 Å². The van der Waals surface area contributed by atoms with E-state index in [1.54, 1.807) is 0 Å². The lowest BCUT2D eigenvalue weighted by Crippen LogP contribution is -1.85. The van der Waals surface area contributed by atoms with Gasteiger partial charge < -0.3 is 10.2 Å². The molecule has 0 unspecified atom stereocenters. The maximum absolute atomic E-state index is 8.75. The van der Waals surface area contributed by atoms with Gasteiger partial charge in [-0.3, -0.25) is 0 Å². The Morgan fingerprint density at radius 2 is 0.467 bits per heavy atom. The molecule has 0 bridgehead atoms. The Morgan fingerprint density at radius 3 is 0.700 bits per heavy atom. The second-order valence-electron chi connectivity index (χ2n) is 9.27. The maximum atomic E-state index is 8.75. The molecular weight excluding hydrogens is 368 g/mol. The van der Waals surface area contributed by atoms with E-state index in [0.29, 0.717) is 13.2 Å². The fourth-order valence-corrected chi connectivity index (χ4v) is 4.17. The number of hydrogen-bond donors (Lipinski definition) is 2. The van der Waals surface area contributed by atoms with Crippen LogP contribution in [0.1, 0.15) is 154 Å². The molecule has 30 heavy (non-hydrogen) atoms. The van der Waals surface area contributed by atoms with Crippen LogP contribution in [0.2, 0.25) is 0 Å². The molecular formula is C28H56O2. The minimum Gasteiger partial charge on any atom is -0.396 e. The van der Waals surface area contributed by atoms with Gasteiger partial charge in [-0.25, -0.2) is 0 Å². The molecule has 2 N–H and O–H groups in total. The van der Waals surface area contributed by atoms with Gasteiger partial charge in [0.2, 0.25) is 0 Å². The predicted octanol–water partition coefficient (Wildman–Crippen LogP) is 8.89. The van der Waals surface area contributed by atoms with Crippen LogP contribution in [0.15, 0.2) is 12.2 Å². The molecule has 0 aliphatic carbocycles. The minimum absolute atomic E-state index is 0.358. The van der Waals surface area contributed by atoms with Crippen molar-refractivity contribution in [2.24, 2.45) is 0 Å². The summed E-state index contributed by atoms with van der Waals surface area (Å²) in [7, 11) is 0. The number of aliphatic hydroxyl groups is 2. The van der Waals surface area contributed by atoms with Gasteiger partial charge in [0.1, 0.15) is 0 Å². The van der Waals surface area contributed by atoms with E-state index in [2.05, 4.69) is 12.2 Å². The summed E-state index contributed by atoms with van der Waals surface area (Å²) in [5.74, 6) is 0. The highest BCUT2D eigenvalue weighted by atomic mass is 16.3. The van der Waals surface area contributed by atoms with Gasteiger partial charge in [-0.05, 0) is 38.5 Å². The Morgan fingerprint density at radius 1 is 0.267 bits per heavy atom. The van der Waals surface area contributed by atoms with Crippen LogP contribution in [-0.4, -0.2) is 23.4 Å². The molecule has 0 saturated heterocycles. The number of hydrogen-bond acceptors (Lipinski definition) is 2. The average molecular weight is 425 g/mol. The summed E-state index contributed by atoms with van der Waals surface area (Å²) < 4.78 is 0.